The van der Waals surface area contributed by atoms with Crippen LogP contribution in [0.5, 0.6) is 0 Å². The monoisotopic (exact) mass is 414 g/mol. The molecule has 1 amide bonds. The summed E-state index contributed by atoms with van der Waals surface area (Å²) in [6, 6.07) is 15.4. The van der Waals surface area contributed by atoms with Crippen LogP contribution in [0.25, 0.3) is 0 Å². The molecule has 2 aromatic rings. The van der Waals surface area contributed by atoms with E-state index in [0.29, 0.717) is 5.02 Å². The Bertz CT molecular complexity index is 616. The summed E-state index contributed by atoms with van der Waals surface area (Å²) >= 11 is 8.06. The van der Waals surface area contributed by atoms with Gasteiger partial charge in [-0.2, -0.15) is 0 Å². The van der Waals surface area contributed by atoms with Gasteiger partial charge >= 0.3 is 0 Å². The second-order valence-corrected chi connectivity index (χ2v) is 6.28. The van der Waals surface area contributed by atoms with Gasteiger partial charge in [0.15, 0.2) is 0 Å². The highest BCUT2D eigenvalue weighted by Crippen LogP contribution is 2.17. The molecule has 0 spiro atoms. The maximum atomic E-state index is 12.0. The number of halogens is 2. The Hall–Kier alpha value is -1.11. The number of benzene rings is 2. The minimum atomic E-state index is -0.0556. The van der Waals surface area contributed by atoms with Gasteiger partial charge in [0.2, 0.25) is 5.91 Å². The quantitative estimate of drug-likeness (QED) is 0.719. The molecule has 3 nitrogen and oxygen atoms in total. The summed E-state index contributed by atoms with van der Waals surface area (Å²) in [4.78, 5) is 12.0. The van der Waals surface area contributed by atoms with Gasteiger partial charge in [-0.25, -0.2) is 0 Å². The van der Waals surface area contributed by atoms with Gasteiger partial charge in [-0.1, -0.05) is 35.9 Å². The zero-order chi connectivity index (χ0) is 15.2. The first-order chi connectivity index (χ1) is 10.1. The maximum Gasteiger partial charge on any atom is 0.238 e. The van der Waals surface area contributed by atoms with Crippen molar-refractivity contribution in [3.8, 4) is 0 Å². The summed E-state index contributed by atoms with van der Waals surface area (Å²) in [5.74, 6) is -0.0556. The lowest BCUT2D eigenvalue weighted by molar-refractivity contribution is -0.115. The van der Waals surface area contributed by atoms with Crippen LogP contribution in [0.2, 0.25) is 5.02 Å². The lowest BCUT2D eigenvalue weighted by Crippen LogP contribution is -2.30. The number of carbonyl (C=O) groups excluding carboxylic acids is 1. The zero-order valence-corrected chi connectivity index (χ0v) is 14.5. The third-order valence-electron chi connectivity index (χ3n) is 3.09. The first-order valence-corrected chi connectivity index (χ1v) is 8.05. The van der Waals surface area contributed by atoms with Crippen molar-refractivity contribution in [2.45, 2.75) is 13.0 Å². The van der Waals surface area contributed by atoms with E-state index in [2.05, 4.69) is 33.2 Å². The predicted molar refractivity (Wildman–Crippen MR) is 95.7 cm³/mol. The van der Waals surface area contributed by atoms with E-state index >= 15 is 0 Å². The molecular formula is C16H16ClIN2O. The Labute approximate surface area is 143 Å². The number of hydrogen-bond donors (Lipinski definition) is 2. The Morgan fingerprint density at radius 3 is 2.52 bits per heavy atom. The molecule has 21 heavy (non-hydrogen) atoms. The van der Waals surface area contributed by atoms with E-state index in [4.69, 9.17) is 11.6 Å². The van der Waals surface area contributed by atoms with E-state index in [0.717, 1.165) is 14.8 Å². The van der Waals surface area contributed by atoms with Crippen molar-refractivity contribution < 1.29 is 4.79 Å². The highest BCUT2D eigenvalue weighted by atomic mass is 127. The first-order valence-electron chi connectivity index (χ1n) is 6.59. The number of hydrogen-bond acceptors (Lipinski definition) is 2. The molecule has 2 aromatic carbocycles. The van der Waals surface area contributed by atoms with E-state index in [1.807, 2.05) is 55.5 Å². The molecule has 0 aliphatic carbocycles. The Morgan fingerprint density at radius 2 is 1.86 bits per heavy atom. The Kier molecular flexibility index (Phi) is 6.02. The van der Waals surface area contributed by atoms with Crippen molar-refractivity contribution in [1.29, 1.82) is 0 Å². The molecule has 0 aliphatic heterocycles. The number of rotatable bonds is 5. The van der Waals surface area contributed by atoms with E-state index in [1.165, 1.54) is 0 Å². The van der Waals surface area contributed by atoms with E-state index in [-0.39, 0.29) is 18.5 Å². The van der Waals surface area contributed by atoms with Crippen LogP contribution in [-0.2, 0) is 4.79 Å². The molecule has 0 saturated heterocycles. The second-order valence-electron chi connectivity index (χ2n) is 4.68. The molecule has 0 unspecified atom stereocenters. The predicted octanol–water partition coefficient (Wildman–Crippen LogP) is 4.23. The number of para-hydroxylation sites is 1. The highest BCUT2D eigenvalue weighted by Gasteiger charge is 2.09. The van der Waals surface area contributed by atoms with Crippen molar-refractivity contribution >= 4 is 45.8 Å². The molecule has 2 N–H and O–H groups in total. The lowest BCUT2D eigenvalue weighted by Gasteiger charge is -2.14. The van der Waals surface area contributed by atoms with Gasteiger partial charge in [-0.05, 0) is 59.3 Å². The maximum absolute atomic E-state index is 12.0. The van der Waals surface area contributed by atoms with Crippen molar-refractivity contribution in [3.05, 3.63) is 62.7 Å². The summed E-state index contributed by atoms with van der Waals surface area (Å²) in [6.45, 7) is 2.28. The fourth-order valence-electron chi connectivity index (χ4n) is 1.87. The summed E-state index contributed by atoms with van der Waals surface area (Å²) < 4.78 is 1.02. The van der Waals surface area contributed by atoms with Gasteiger partial charge in [0.1, 0.15) is 0 Å². The van der Waals surface area contributed by atoms with Gasteiger partial charge in [0.25, 0.3) is 0 Å². The largest absolute Gasteiger partial charge is 0.324 e. The molecule has 0 bridgehead atoms. The topological polar surface area (TPSA) is 41.1 Å². The fourth-order valence-corrected chi connectivity index (χ4v) is 2.52. The van der Waals surface area contributed by atoms with Crippen LogP contribution in [0.3, 0.4) is 0 Å². The van der Waals surface area contributed by atoms with Crippen molar-refractivity contribution in [3.63, 3.8) is 0 Å². The molecule has 0 saturated carbocycles. The highest BCUT2D eigenvalue weighted by molar-refractivity contribution is 14.1. The molecular weight excluding hydrogens is 399 g/mol. The molecule has 5 heteroatoms. The van der Waals surface area contributed by atoms with Gasteiger partial charge in [-0.15, -0.1) is 0 Å². The normalized spacial score (nSPS) is 12.0. The van der Waals surface area contributed by atoms with Gasteiger partial charge in [0.05, 0.1) is 12.2 Å². The van der Waals surface area contributed by atoms with E-state index < -0.39 is 0 Å². The van der Waals surface area contributed by atoms with Crippen molar-refractivity contribution in [2.24, 2.45) is 0 Å². The number of anilines is 1. The third-order valence-corrected chi connectivity index (χ3v) is 4.28. The van der Waals surface area contributed by atoms with Gasteiger partial charge in [-0.3, -0.25) is 4.79 Å². The molecule has 0 aliphatic rings. The van der Waals surface area contributed by atoms with Crippen LogP contribution < -0.4 is 10.6 Å². The van der Waals surface area contributed by atoms with Crippen molar-refractivity contribution in [2.75, 3.05) is 11.9 Å². The number of carbonyl (C=O) groups is 1. The molecule has 1 atom stereocenters. The summed E-state index contributed by atoms with van der Waals surface area (Å²) in [7, 11) is 0. The van der Waals surface area contributed by atoms with Crippen LogP contribution in [0.4, 0.5) is 5.69 Å². The van der Waals surface area contributed by atoms with Crippen molar-refractivity contribution in [1.82, 2.24) is 5.32 Å². The summed E-state index contributed by atoms with van der Waals surface area (Å²) in [5, 5.41) is 6.81. The van der Waals surface area contributed by atoms with Gasteiger partial charge < -0.3 is 10.6 Å². The molecule has 2 rings (SSSR count). The summed E-state index contributed by atoms with van der Waals surface area (Å²) in [6.07, 6.45) is 0. The van der Waals surface area contributed by atoms with E-state index in [1.54, 1.807) is 0 Å². The standard InChI is InChI=1S/C16H16ClIN2O/c1-11(12-6-8-13(17)9-7-12)19-10-16(21)20-15-5-3-2-4-14(15)18/h2-9,11,19H,10H2,1H3,(H,20,21)/t11-/m1/s1. The average molecular weight is 415 g/mol. The van der Waals surface area contributed by atoms with E-state index in [9.17, 15) is 4.79 Å². The average Bonchev–Trinajstić information content (AvgIpc) is 2.48. The summed E-state index contributed by atoms with van der Waals surface area (Å²) in [5.41, 5.74) is 1.94. The lowest BCUT2D eigenvalue weighted by atomic mass is 10.1. The fraction of sp³-hybridized carbons (Fsp3) is 0.188. The Morgan fingerprint density at radius 1 is 1.19 bits per heavy atom. The number of nitrogens with one attached hydrogen (secondary N) is 2. The minimum absolute atomic E-state index is 0.0556. The van der Waals surface area contributed by atoms with Crippen LogP contribution in [0, 0.1) is 3.57 Å². The Balaban J connectivity index is 1.86. The molecule has 0 heterocycles. The SMILES string of the molecule is C[C@@H](NCC(=O)Nc1ccccc1I)c1ccc(Cl)cc1. The smallest absolute Gasteiger partial charge is 0.238 e. The van der Waals surface area contributed by atoms with Gasteiger partial charge in [0, 0.05) is 14.6 Å². The second kappa shape index (κ2) is 7.77. The first kappa shape index (κ1) is 16.3. The molecule has 0 radical (unpaired) electrons. The minimum Gasteiger partial charge on any atom is -0.324 e. The number of amides is 1. The molecule has 110 valence electrons. The third kappa shape index (κ3) is 4.98. The van der Waals surface area contributed by atoms with Crippen LogP contribution in [0.15, 0.2) is 48.5 Å². The van der Waals surface area contributed by atoms with Crippen LogP contribution >= 0.6 is 34.2 Å². The zero-order valence-electron chi connectivity index (χ0n) is 11.6. The molecule has 0 fully saturated rings. The van der Waals surface area contributed by atoms with Crippen LogP contribution in [-0.4, -0.2) is 12.5 Å². The molecule has 0 aromatic heterocycles. The van der Waals surface area contributed by atoms with Crippen LogP contribution in [0.1, 0.15) is 18.5 Å².